The van der Waals surface area contributed by atoms with Gasteiger partial charge in [0, 0.05) is 26.2 Å². The van der Waals surface area contributed by atoms with Crippen LogP contribution in [0.2, 0.25) is 0 Å². The second kappa shape index (κ2) is 5.51. The maximum absolute atomic E-state index is 12.8. The van der Waals surface area contributed by atoms with Gasteiger partial charge in [-0.1, -0.05) is 0 Å². The lowest BCUT2D eigenvalue weighted by atomic mass is 10.2. The first kappa shape index (κ1) is 14.7. The molecule has 9 heteroatoms. The normalized spacial score (nSPS) is 18.2. The van der Waals surface area contributed by atoms with Gasteiger partial charge in [0.25, 0.3) is 5.91 Å². The molecule has 0 aliphatic carbocycles. The number of carbonyl (C=O) groups excluding carboxylic acids is 1. The summed E-state index contributed by atoms with van der Waals surface area (Å²) in [6.07, 6.45) is -4.04. The number of carbonyl (C=O) groups is 2. The first-order valence-corrected chi connectivity index (χ1v) is 5.14. The van der Waals surface area contributed by atoms with Crippen molar-refractivity contribution < 1.29 is 32.3 Å². The number of nitrogens with zero attached hydrogens (tertiary/aromatic N) is 2. The van der Waals surface area contributed by atoms with E-state index in [4.69, 9.17) is 5.11 Å². The van der Waals surface area contributed by atoms with Crippen LogP contribution in [-0.4, -0.2) is 71.9 Å². The number of hydrogen-bond acceptors (Lipinski definition) is 3. The second-order valence-electron chi connectivity index (χ2n) is 3.89. The van der Waals surface area contributed by atoms with Gasteiger partial charge in [-0.3, -0.25) is 14.5 Å². The number of carboxylic acids is 1. The van der Waals surface area contributed by atoms with Crippen LogP contribution >= 0.6 is 0 Å². The average Bonchev–Trinajstić information content (AvgIpc) is 2.28. The molecule has 0 aromatic rings. The molecule has 0 radical (unpaired) electrons. The molecule has 1 saturated heterocycles. The summed E-state index contributed by atoms with van der Waals surface area (Å²) in [5.41, 5.74) is 0. The molecule has 1 N–H and O–H groups in total. The van der Waals surface area contributed by atoms with E-state index in [0.29, 0.717) is 4.90 Å². The van der Waals surface area contributed by atoms with E-state index < -0.39 is 24.2 Å². The number of piperazine rings is 1. The predicted molar refractivity (Wildman–Crippen MR) is 51.6 cm³/mol. The highest BCUT2D eigenvalue weighted by atomic mass is 19.3. The topological polar surface area (TPSA) is 60.9 Å². The minimum Gasteiger partial charge on any atom is -0.480 e. The summed E-state index contributed by atoms with van der Waals surface area (Å²) >= 11 is 0. The molecule has 0 aromatic carbocycles. The fourth-order valence-electron chi connectivity index (χ4n) is 1.60. The average molecular weight is 272 g/mol. The van der Waals surface area contributed by atoms with Gasteiger partial charge in [0.05, 0.1) is 6.54 Å². The lowest BCUT2D eigenvalue weighted by Gasteiger charge is -2.35. The van der Waals surface area contributed by atoms with Crippen molar-refractivity contribution in [3.8, 4) is 0 Å². The zero-order valence-corrected chi connectivity index (χ0v) is 9.28. The number of alkyl halides is 4. The number of amides is 1. The maximum Gasteiger partial charge on any atom is 0.383 e. The van der Waals surface area contributed by atoms with Crippen LogP contribution in [0.5, 0.6) is 0 Å². The van der Waals surface area contributed by atoms with Crippen LogP contribution in [0.25, 0.3) is 0 Å². The Bertz CT molecular complexity index is 330. The zero-order valence-electron chi connectivity index (χ0n) is 9.28. The lowest BCUT2D eigenvalue weighted by molar-refractivity contribution is -0.182. The van der Waals surface area contributed by atoms with Crippen molar-refractivity contribution in [3.05, 3.63) is 0 Å². The molecule has 104 valence electrons. The van der Waals surface area contributed by atoms with E-state index >= 15 is 0 Å². The Balaban J connectivity index is 2.53. The molecule has 0 spiro atoms. The number of hydrogen-bond donors (Lipinski definition) is 1. The number of halogens is 4. The molecular weight excluding hydrogens is 260 g/mol. The van der Waals surface area contributed by atoms with Crippen molar-refractivity contribution in [2.24, 2.45) is 0 Å². The van der Waals surface area contributed by atoms with Gasteiger partial charge in [-0.25, -0.2) is 8.78 Å². The zero-order chi connectivity index (χ0) is 13.9. The standard InChI is InChI=1S/C9H12F4N2O3/c10-7(11)9(12,13)8(18)15-3-1-14(2-4-15)5-6(16)17/h7H,1-5H2,(H,16,17). The van der Waals surface area contributed by atoms with Gasteiger partial charge < -0.3 is 10.0 Å². The third-order valence-electron chi connectivity index (χ3n) is 2.58. The molecule has 0 saturated carbocycles. The third kappa shape index (κ3) is 3.31. The van der Waals surface area contributed by atoms with Crippen LogP contribution in [0.4, 0.5) is 17.6 Å². The summed E-state index contributed by atoms with van der Waals surface area (Å²) in [5, 5.41) is 8.50. The van der Waals surface area contributed by atoms with Crippen molar-refractivity contribution in [1.29, 1.82) is 0 Å². The molecule has 1 aliphatic heterocycles. The first-order chi connectivity index (χ1) is 8.25. The van der Waals surface area contributed by atoms with E-state index in [1.54, 1.807) is 0 Å². The van der Waals surface area contributed by atoms with Crippen LogP contribution in [0.3, 0.4) is 0 Å². The van der Waals surface area contributed by atoms with E-state index in [1.807, 2.05) is 0 Å². The minimum atomic E-state index is -4.69. The number of aliphatic carboxylic acids is 1. The van der Waals surface area contributed by atoms with Crippen molar-refractivity contribution >= 4 is 11.9 Å². The van der Waals surface area contributed by atoms with E-state index in [-0.39, 0.29) is 32.7 Å². The number of carboxylic acid groups (broad SMARTS) is 1. The molecule has 1 fully saturated rings. The van der Waals surface area contributed by atoms with Gasteiger partial charge in [-0.05, 0) is 0 Å². The van der Waals surface area contributed by atoms with Gasteiger partial charge in [-0.2, -0.15) is 8.78 Å². The Hall–Kier alpha value is -1.38. The Labute approximate surface area is 100.0 Å². The number of rotatable bonds is 4. The largest absolute Gasteiger partial charge is 0.480 e. The highest BCUT2D eigenvalue weighted by Gasteiger charge is 2.51. The van der Waals surface area contributed by atoms with Crippen molar-refractivity contribution in [3.63, 3.8) is 0 Å². The van der Waals surface area contributed by atoms with Gasteiger partial charge in [0.1, 0.15) is 0 Å². The smallest absolute Gasteiger partial charge is 0.383 e. The van der Waals surface area contributed by atoms with Crippen LogP contribution in [0.15, 0.2) is 0 Å². The van der Waals surface area contributed by atoms with Crippen molar-refractivity contribution in [2.75, 3.05) is 32.7 Å². The summed E-state index contributed by atoms with van der Waals surface area (Å²) in [5.74, 6) is -7.67. The summed E-state index contributed by atoms with van der Waals surface area (Å²) in [6.45, 7) is -0.509. The fourth-order valence-corrected chi connectivity index (χ4v) is 1.60. The van der Waals surface area contributed by atoms with Gasteiger partial charge in [0.15, 0.2) is 0 Å². The molecule has 0 atom stereocenters. The van der Waals surface area contributed by atoms with Gasteiger partial charge in [0.2, 0.25) is 0 Å². The summed E-state index contributed by atoms with van der Waals surface area (Å²) in [6, 6.07) is 0. The van der Waals surface area contributed by atoms with Crippen molar-refractivity contribution in [1.82, 2.24) is 9.80 Å². The summed E-state index contributed by atoms with van der Waals surface area (Å²) < 4.78 is 49.5. The molecule has 0 bridgehead atoms. The van der Waals surface area contributed by atoms with E-state index in [9.17, 15) is 27.2 Å². The maximum atomic E-state index is 12.8. The molecule has 0 aromatic heterocycles. The van der Waals surface area contributed by atoms with Crippen LogP contribution < -0.4 is 0 Å². The summed E-state index contributed by atoms with van der Waals surface area (Å²) in [7, 11) is 0. The highest BCUT2D eigenvalue weighted by Crippen LogP contribution is 2.25. The molecule has 5 nitrogen and oxygen atoms in total. The van der Waals surface area contributed by atoms with Crippen LogP contribution in [-0.2, 0) is 9.59 Å². The van der Waals surface area contributed by atoms with E-state index in [1.165, 1.54) is 4.90 Å². The molecule has 1 heterocycles. The van der Waals surface area contributed by atoms with Crippen LogP contribution in [0, 0.1) is 0 Å². The monoisotopic (exact) mass is 272 g/mol. The molecule has 1 amide bonds. The first-order valence-electron chi connectivity index (χ1n) is 5.14. The molecule has 18 heavy (non-hydrogen) atoms. The Morgan fingerprint density at radius 2 is 1.67 bits per heavy atom. The van der Waals surface area contributed by atoms with Gasteiger partial charge in [-0.15, -0.1) is 0 Å². The van der Waals surface area contributed by atoms with Crippen LogP contribution in [0.1, 0.15) is 0 Å². The Kier molecular flexibility index (Phi) is 4.49. The fraction of sp³-hybridized carbons (Fsp3) is 0.778. The summed E-state index contributed by atoms with van der Waals surface area (Å²) in [4.78, 5) is 23.6. The quantitative estimate of drug-likeness (QED) is 0.738. The highest BCUT2D eigenvalue weighted by molar-refractivity contribution is 5.84. The third-order valence-corrected chi connectivity index (χ3v) is 2.58. The predicted octanol–water partition coefficient (Wildman–Crippen LogP) is 0.116. The van der Waals surface area contributed by atoms with Gasteiger partial charge >= 0.3 is 18.3 Å². The molecular formula is C9H12F4N2O3. The molecule has 1 rings (SSSR count). The molecule has 1 aliphatic rings. The minimum absolute atomic E-state index is 0.0668. The Morgan fingerprint density at radius 3 is 2.06 bits per heavy atom. The SMILES string of the molecule is O=C(O)CN1CCN(C(=O)C(F)(F)C(F)F)CC1. The van der Waals surface area contributed by atoms with Crippen molar-refractivity contribution in [2.45, 2.75) is 12.3 Å². The molecule has 0 unspecified atom stereocenters. The van der Waals surface area contributed by atoms with E-state index in [2.05, 4.69) is 0 Å². The lowest BCUT2D eigenvalue weighted by Crippen LogP contribution is -2.55. The second-order valence-corrected chi connectivity index (χ2v) is 3.89. The Morgan fingerprint density at radius 1 is 1.17 bits per heavy atom. The van der Waals surface area contributed by atoms with E-state index in [0.717, 1.165) is 0 Å².